The largest absolute Gasteiger partial charge is 0.489 e. The lowest BCUT2D eigenvalue weighted by atomic mass is 10.3. The molecule has 1 N–H and O–H groups in total. The Labute approximate surface area is 102 Å². The lowest BCUT2D eigenvalue weighted by molar-refractivity contribution is 0.166. The van der Waals surface area contributed by atoms with Crippen LogP contribution in [0.3, 0.4) is 0 Å². The van der Waals surface area contributed by atoms with Crippen LogP contribution in [0.2, 0.25) is 0 Å². The highest BCUT2D eigenvalue weighted by Gasteiger charge is 2.05. The zero-order chi connectivity index (χ0) is 12.5. The molecule has 0 aliphatic carbocycles. The Kier molecular flexibility index (Phi) is 6.58. The van der Waals surface area contributed by atoms with Gasteiger partial charge in [-0.3, -0.25) is 4.90 Å². The minimum absolute atomic E-state index is 0.139. The summed E-state index contributed by atoms with van der Waals surface area (Å²) in [4.78, 5) is 2.10. The average molecular weight is 241 g/mol. The van der Waals surface area contributed by atoms with Gasteiger partial charge in [-0.1, -0.05) is 19.1 Å². The normalized spacial score (nSPS) is 10.8. The van der Waals surface area contributed by atoms with Crippen LogP contribution in [0.4, 0.5) is 4.39 Å². The number of para-hydroxylation sites is 1. The number of aliphatic hydroxyl groups excluding tert-OH is 1. The van der Waals surface area contributed by atoms with E-state index in [2.05, 4.69) is 11.8 Å². The first kappa shape index (κ1) is 13.9. The summed E-state index contributed by atoms with van der Waals surface area (Å²) >= 11 is 0. The third-order valence-electron chi connectivity index (χ3n) is 2.46. The third kappa shape index (κ3) is 5.15. The van der Waals surface area contributed by atoms with Gasteiger partial charge >= 0.3 is 0 Å². The van der Waals surface area contributed by atoms with Crippen molar-refractivity contribution in [1.82, 2.24) is 4.90 Å². The molecule has 0 fully saturated rings. The lowest BCUT2D eigenvalue weighted by Gasteiger charge is -2.20. The van der Waals surface area contributed by atoms with Gasteiger partial charge < -0.3 is 9.84 Å². The van der Waals surface area contributed by atoms with Gasteiger partial charge in [0.15, 0.2) is 11.6 Å². The van der Waals surface area contributed by atoms with E-state index in [4.69, 9.17) is 9.84 Å². The first-order valence-corrected chi connectivity index (χ1v) is 5.98. The number of hydrogen-bond acceptors (Lipinski definition) is 3. The molecule has 17 heavy (non-hydrogen) atoms. The van der Waals surface area contributed by atoms with Crippen LogP contribution >= 0.6 is 0 Å². The molecule has 0 saturated carbocycles. The van der Waals surface area contributed by atoms with Crippen molar-refractivity contribution in [2.75, 3.05) is 32.8 Å². The van der Waals surface area contributed by atoms with E-state index in [9.17, 15) is 4.39 Å². The molecule has 0 unspecified atom stereocenters. The molecule has 0 aliphatic heterocycles. The van der Waals surface area contributed by atoms with E-state index in [1.165, 1.54) is 6.07 Å². The van der Waals surface area contributed by atoms with Crippen molar-refractivity contribution in [3.05, 3.63) is 30.1 Å². The van der Waals surface area contributed by atoms with E-state index < -0.39 is 0 Å². The van der Waals surface area contributed by atoms with Gasteiger partial charge in [0.05, 0.1) is 6.61 Å². The SMILES string of the molecule is CCCN(CCO)CCOc1ccccc1F. The maximum Gasteiger partial charge on any atom is 0.165 e. The number of benzene rings is 1. The van der Waals surface area contributed by atoms with Crippen LogP contribution in [0.1, 0.15) is 13.3 Å². The van der Waals surface area contributed by atoms with Crippen molar-refractivity contribution in [2.24, 2.45) is 0 Å². The number of nitrogens with zero attached hydrogens (tertiary/aromatic N) is 1. The van der Waals surface area contributed by atoms with E-state index in [0.717, 1.165) is 13.0 Å². The van der Waals surface area contributed by atoms with Crippen LogP contribution in [0.15, 0.2) is 24.3 Å². The molecule has 0 heterocycles. The Hall–Kier alpha value is -1.13. The number of rotatable bonds is 8. The highest BCUT2D eigenvalue weighted by atomic mass is 19.1. The standard InChI is InChI=1S/C13H20FNO2/c1-2-7-15(8-10-16)9-11-17-13-6-4-3-5-12(13)14/h3-6,16H,2,7-11H2,1H3. The van der Waals surface area contributed by atoms with Crippen molar-refractivity contribution < 1.29 is 14.2 Å². The molecule has 1 aromatic carbocycles. The fraction of sp³-hybridized carbons (Fsp3) is 0.538. The van der Waals surface area contributed by atoms with E-state index >= 15 is 0 Å². The third-order valence-corrected chi connectivity index (χ3v) is 2.46. The highest BCUT2D eigenvalue weighted by molar-refractivity contribution is 5.23. The van der Waals surface area contributed by atoms with Crippen LogP contribution in [0, 0.1) is 5.82 Å². The van der Waals surface area contributed by atoms with Crippen LogP contribution < -0.4 is 4.74 Å². The quantitative estimate of drug-likeness (QED) is 0.754. The van der Waals surface area contributed by atoms with Gasteiger partial charge in [0, 0.05) is 13.1 Å². The Morgan fingerprint density at radius 1 is 1.24 bits per heavy atom. The van der Waals surface area contributed by atoms with E-state index in [0.29, 0.717) is 19.7 Å². The predicted octanol–water partition coefficient (Wildman–Crippen LogP) is 1.91. The molecular weight excluding hydrogens is 221 g/mol. The molecule has 0 bridgehead atoms. The summed E-state index contributed by atoms with van der Waals surface area (Å²) in [5.41, 5.74) is 0. The van der Waals surface area contributed by atoms with Crippen LogP contribution in [-0.4, -0.2) is 42.9 Å². The molecule has 0 aromatic heterocycles. The zero-order valence-electron chi connectivity index (χ0n) is 10.2. The van der Waals surface area contributed by atoms with E-state index in [1.54, 1.807) is 18.2 Å². The van der Waals surface area contributed by atoms with E-state index in [-0.39, 0.29) is 18.2 Å². The minimum atomic E-state index is -0.336. The maximum absolute atomic E-state index is 13.2. The Morgan fingerprint density at radius 2 is 2.00 bits per heavy atom. The Balaban J connectivity index is 2.33. The summed E-state index contributed by atoms with van der Waals surface area (Å²) in [6.07, 6.45) is 1.03. The number of aliphatic hydroxyl groups is 1. The molecular formula is C13H20FNO2. The van der Waals surface area contributed by atoms with Gasteiger partial charge in [-0.05, 0) is 25.1 Å². The fourth-order valence-electron chi connectivity index (χ4n) is 1.64. The lowest BCUT2D eigenvalue weighted by Crippen LogP contribution is -2.31. The molecule has 0 amide bonds. The van der Waals surface area contributed by atoms with Gasteiger partial charge in [0.2, 0.25) is 0 Å². The number of hydrogen-bond donors (Lipinski definition) is 1. The van der Waals surface area contributed by atoms with Gasteiger partial charge in [-0.15, -0.1) is 0 Å². The highest BCUT2D eigenvalue weighted by Crippen LogP contribution is 2.14. The Bertz CT molecular complexity index is 314. The van der Waals surface area contributed by atoms with Gasteiger partial charge in [-0.2, -0.15) is 0 Å². The summed E-state index contributed by atoms with van der Waals surface area (Å²) < 4.78 is 18.6. The fourth-order valence-corrected chi connectivity index (χ4v) is 1.64. The van der Waals surface area contributed by atoms with Gasteiger partial charge in [0.1, 0.15) is 6.61 Å². The number of ether oxygens (including phenoxy) is 1. The van der Waals surface area contributed by atoms with Crippen molar-refractivity contribution in [3.63, 3.8) is 0 Å². The molecule has 1 aromatic rings. The summed E-state index contributed by atoms with van der Waals surface area (Å²) in [5, 5.41) is 8.88. The Morgan fingerprint density at radius 3 is 2.65 bits per heavy atom. The van der Waals surface area contributed by atoms with Crippen LogP contribution in [-0.2, 0) is 0 Å². The molecule has 0 radical (unpaired) electrons. The number of halogens is 1. The molecule has 4 heteroatoms. The molecule has 0 saturated heterocycles. The van der Waals surface area contributed by atoms with Crippen LogP contribution in [0.5, 0.6) is 5.75 Å². The smallest absolute Gasteiger partial charge is 0.165 e. The zero-order valence-corrected chi connectivity index (χ0v) is 10.2. The summed E-state index contributed by atoms with van der Waals surface area (Å²) in [7, 11) is 0. The second-order valence-corrected chi connectivity index (χ2v) is 3.84. The van der Waals surface area contributed by atoms with Crippen molar-refractivity contribution >= 4 is 0 Å². The predicted molar refractivity (Wildman–Crippen MR) is 65.7 cm³/mol. The molecule has 1 rings (SSSR count). The summed E-state index contributed by atoms with van der Waals surface area (Å²) in [6, 6.07) is 6.38. The minimum Gasteiger partial charge on any atom is -0.489 e. The average Bonchev–Trinajstić information content (AvgIpc) is 2.32. The van der Waals surface area contributed by atoms with Gasteiger partial charge in [0.25, 0.3) is 0 Å². The monoisotopic (exact) mass is 241 g/mol. The molecule has 96 valence electrons. The second-order valence-electron chi connectivity index (χ2n) is 3.84. The second kappa shape index (κ2) is 8.03. The summed E-state index contributed by atoms with van der Waals surface area (Å²) in [5.74, 6) is -0.0513. The maximum atomic E-state index is 13.2. The molecule has 0 aliphatic rings. The summed E-state index contributed by atoms with van der Waals surface area (Å²) in [6.45, 7) is 4.90. The first-order chi connectivity index (χ1) is 8.27. The van der Waals surface area contributed by atoms with Crippen molar-refractivity contribution in [1.29, 1.82) is 0 Å². The van der Waals surface area contributed by atoms with Crippen molar-refractivity contribution in [2.45, 2.75) is 13.3 Å². The van der Waals surface area contributed by atoms with Crippen LogP contribution in [0.25, 0.3) is 0 Å². The topological polar surface area (TPSA) is 32.7 Å². The molecule has 0 spiro atoms. The molecule has 3 nitrogen and oxygen atoms in total. The first-order valence-electron chi connectivity index (χ1n) is 5.98. The van der Waals surface area contributed by atoms with Gasteiger partial charge in [-0.25, -0.2) is 4.39 Å². The van der Waals surface area contributed by atoms with E-state index in [1.807, 2.05) is 0 Å². The van der Waals surface area contributed by atoms with Crippen molar-refractivity contribution in [3.8, 4) is 5.75 Å². The molecule has 0 atom stereocenters.